The zero-order chi connectivity index (χ0) is 13.1. The van der Waals surface area contributed by atoms with Crippen LogP contribution in [0.25, 0.3) is 0 Å². The lowest BCUT2D eigenvalue weighted by Crippen LogP contribution is -2.42. The zero-order valence-electron chi connectivity index (χ0n) is 9.61. The second kappa shape index (κ2) is 5.20. The molecule has 0 aliphatic carbocycles. The Morgan fingerprint density at radius 1 is 1.47 bits per heavy atom. The highest BCUT2D eigenvalue weighted by Gasteiger charge is 2.33. The number of amides is 1. The van der Waals surface area contributed by atoms with Gasteiger partial charge in [-0.3, -0.25) is 4.57 Å². The van der Waals surface area contributed by atoms with Gasteiger partial charge in [0.05, 0.1) is 0 Å². The molecule has 0 radical (unpaired) electrons. The summed E-state index contributed by atoms with van der Waals surface area (Å²) in [6.07, 6.45) is -0.539. The molecule has 4 nitrogen and oxygen atoms in total. The molecule has 0 bridgehead atoms. The number of alkyl halides is 3. The van der Waals surface area contributed by atoms with Crippen LogP contribution in [0.5, 0.6) is 0 Å². The third-order valence-corrected chi connectivity index (χ3v) is 1.95. The summed E-state index contributed by atoms with van der Waals surface area (Å²) in [6.45, 7) is 2.31. The Labute approximate surface area is 97.0 Å². The molecule has 1 rings (SSSR count). The van der Waals surface area contributed by atoms with Crippen molar-refractivity contribution in [1.29, 1.82) is 0 Å². The van der Waals surface area contributed by atoms with Gasteiger partial charge in [0.1, 0.15) is 12.9 Å². The minimum absolute atomic E-state index is 0.0372. The summed E-state index contributed by atoms with van der Waals surface area (Å²) in [4.78, 5) is 16.2. The lowest BCUT2D eigenvalue weighted by molar-refractivity contribution is -0.140. The zero-order valence-corrected chi connectivity index (χ0v) is 9.61. The van der Waals surface area contributed by atoms with Gasteiger partial charge in [0.25, 0.3) is 0 Å². The molecule has 1 amide bonds. The van der Waals surface area contributed by atoms with E-state index in [9.17, 15) is 18.0 Å². The Morgan fingerprint density at radius 2 is 2.12 bits per heavy atom. The molecule has 96 valence electrons. The predicted molar refractivity (Wildman–Crippen MR) is 55.5 cm³/mol. The number of hydrogen-bond donors (Lipinski definition) is 0. The van der Waals surface area contributed by atoms with Crippen molar-refractivity contribution >= 4 is 6.03 Å². The SMILES string of the molecule is CC(C)CN(CC(F)(F)F)C(=O)n1ccnc1. The summed E-state index contributed by atoms with van der Waals surface area (Å²) in [5, 5.41) is 0. The van der Waals surface area contributed by atoms with Gasteiger partial charge in [0.15, 0.2) is 0 Å². The van der Waals surface area contributed by atoms with Gasteiger partial charge in [-0.15, -0.1) is 0 Å². The molecule has 0 spiro atoms. The van der Waals surface area contributed by atoms with Crippen LogP contribution >= 0.6 is 0 Å². The van der Waals surface area contributed by atoms with Crippen LogP contribution in [0.1, 0.15) is 13.8 Å². The highest BCUT2D eigenvalue weighted by Crippen LogP contribution is 2.18. The number of carbonyl (C=O) groups excluding carboxylic acids is 1. The Bertz CT molecular complexity index is 359. The number of carbonyl (C=O) groups is 1. The maximum atomic E-state index is 12.3. The lowest BCUT2D eigenvalue weighted by atomic mass is 10.2. The van der Waals surface area contributed by atoms with E-state index in [2.05, 4.69) is 4.98 Å². The summed E-state index contributed by atoms with van der Waals surface area (Å²) in [6, 6.07) is -0.714. The first-order chi connectivity index (χ1) is 7.79. The van der Waals surface area contributed by atoms with Crippen molar-refractivity contribution in [3.63, 3.8) is 0 Å². The maximum Gasteiger partial charge on any atom is 0.406 e. The second-order valence-electron chi connectivity index (χ2n) is 4.14. The van der Waals surface area contributed by atoms with E-state index in [1.807, 2.05) is 0 Å². The van der Waals surface area contributed by atoms with E-state index in [0.29, 0.717) is 0 Å². The number of halogens is 3. The number of imidazole rings is 1. The smallest absolute Gasteiger partial charge is 0.315 e. The van der Waals surface area contributed by atoms with E-state index in [-0.39, 0.29) is 12.5 Å². The highest BCUT2D eigenvalue weighted by molar-refractivity contribution is 5.76. The van der Waals surface area contributed by atoms with Crippen molar-refractivity contribution in [2.45, 2.75) is 20.0 Å². The molecule has 0 saturated heterocycles. The first-order valence-corrected chi connectivity index (χ1v) is 5.13. The number of nitrogens with zero attached hydrogens (tertiary/aromatic N) is 3. The summed E-state index contributed by atoms with van der Waals surface area (Å²) in [5.41, 5.74) is 0. The van der Waals surface area contributed by atoms with E-state index in [1.165, 1.54) is 18.7 Å². The Balaban J connectivity index is 2.79. The van der Waals surface area contributed by atoms with E-state index in [1.54, 1.807) is 13.8 Å². The van der Waals surface area contributed by atoms with Gasteiger partial charge in [-0.2, -0.15) is 13.2 Å². The van der Waals surface area contributed by atoms with Gasteiger partial charge in [-0.05, 0) is 5.92 Å². The van der Waals surface area contributed by atoms with Crippen LogP contribution in [0, 0.1) is 5.92 Å². The van der Waals surface area contributed by atoms with Gasteiger partial charge in [-0.1, -0.05) is 13.8 Å². The summed E-state index contributed by atoms with van der Waals surface area (Å²) >= 11 is 0. The summed E-state index contributed by atoms with van der Waals surface area (Å²) in [7, 11) is 0. The highest BCUT2D eigenvalue weighted by atomic mass is 19.4. The van der Waals surface area contributed by atoms with Crippen molar-refractivity contribution in [1.82, 2.24) is 14.5 Å². The maximum absolute atomic E-state index is 12.3. The van der Waals surface area contributed by atoms with Crippen molar-refractivity contribution in [3.05, 3.63) is 18.7 Å². The van der Waals surface area contributed by atoms with Gasteiger partial charge in [0.2, 0.25) is 0 Å². The van der Waals surface area contributed by atoms with Crippen LogP contribution in [0.3, 0.4) is 0 Å². The van der Waals surface area contributed by atoms with E-state index in [0.717, 1.165) is 9.47 Å². The average Bonchev–Trinajstić information content (AvgIpc) is 2.65. The minimum Gasteiger partial charge on any atom is -0.315 e. The fraction of sp³-hybridized carbons (Fsp3) is 0.600. The molecular formula is C10H14F3N3O. The number of rotatable bonds is 3. The summed E-state index contributed by atoms with van der Waals surface area (Å²) in [5.74, 6) is -0.0372. The first kappa shape index (κ1) is 13.5. The third-order valence-electron chi connectivity index (χ3n) is 1.95. The monoisotopic (exact) mass is 249 g/mol. The molecular weight excluding hydrogens is 235 g/mol. The molecule has 0 atom stereocenters. The van der Waals surface area contributed by atoms with Crippen molar-refractivity contribution < 1.29 is 18.0 Å². The molecule has 0 unspecified atom stereocenters. The molecule has 0 fully saturated rings. The molecule has 7 heteroatoms. The van der Waals surface area contributed by atoms with Crippen molar-refractivity contribution in [2.75, 3.05) is 13.1 Å². The fourth-order valence-electron chi connectivity index (χ4n) is 1.40. The van der Waals surface area contributed by atoms with E-state index in [4.69, 9.17) is 0 Å². The second-order valence-corrected chi connectivity index (χ2v) is 4.14. The normalized spacial score (nSPS) is 11.9. The third kappa shape index (κ3) is 4.46. The molecule has 17 heavy (non-hydrogen) atoms. The van der Waals surface area contributed by atoms with Crippen LogP contribution < -0.4 is 0 Å². The molecule has 0 aliphatic rings. The Kier molecular flexibility index (Phi) is 4.14. The van der Waals surface area contributed by atoms with Crippen LogP contribution in [-0.4, -0.2) is 39.7 Å². The molecule has 0 N–H and O–H groups in total. The van der Waals surface area contributed by atoms with Gasteiger partial charge in [-0.25, -0.2) is 9.78 Å². The van der Waals surface area contributed by atoms with E-state index < -0.39 is 18.8 Å². The van der Waals surface area contributed by atoms with Crippen LogP contribution in [-0.2, 0) is 0 Å². The molecule has 0 aromatic carbocycles. The summed E-state index contributed by atoms with van der Waals surface area (Å²) < 4.78 is 38.1. The largest absolute Gasteiger partial charge is 0.406 e. The predicted octanol–water partition coefficient (Wildman–Crippen LogP) is 2.37. The molecule has 0 saturated carbocycles. The van der Waals surface area contributed by atoms with E-state index >= 15 is 0 Å². The topological polar surface area (TPSA) is 38.1 Å². The Hall–Kier alpha value is -1.53. The lowest BCUT2D eigenvalue weighted by Gasteiger charge is -2.25. The van der Waals surface area contributed by atoms with Gasteiger partial charge < -0.3 is 4.90 Å². The fourth-order valence-corrected chi connectivity index (χ4v) is 1.40. The van der Waals surface area contributed by atoms with Crippen LogP contribution in [0.4, 0.5) is 18.0 Å². The first-order valence-electron chi connectivity index (χ1n) is 5.13. The van der Waals surface area contributed by atoms with Crippen LogP contribution in [0.2, 0.25) is 0 Å². The molecule has 1 aromatic heterocycles. The molecule has 1 aromatic rings. The minimum atomic E-state index is -4.40. The number of aromatic nitrogens is 2. The van der Waals surface area contributed by atoms with Crippen molar-refractivity contribution in [3.8, 4) is 0 Å². The van der Waals surface area contributed by atoms with Gasteiger partial charge >= 0.3 is 12.2 Å². The average molecular weight is 249 g/mol. The number of hydrogen-bond acceptors (Lipinski definition) is 2. The molecule has 0 aliphatic heterocycles. The standard InChI is InChI=1S/C10H14F3N3O/c1-8(2)5-16(6-10(11,12)13)9(17)15-4-3-14-7-15/h3-4,7-8H,5-6H2,1-2H3. The van der Waals surface area contributed by atoms with Crippen LogP contribution in [0.15, 0.2) is 18.7 Å². The quantitative estimate of drug-likeness (QED) is 0.824. The molecule has 1 heterocycles. The Morgan fingerprint density at radius 3 is 2.53 bits per heavy atom. The van der Waals surface area contributed by atoms with Gasteiger partial charge in [0, 0.05) is 18.9 Å². The van der Waals surface area contributed by atoms with Crippen molar-refractivity contribution in [2.24, 2.45) is 5.92 Å².